The van der Waals surface area contributed by atoms with Crippen molar-refractivity contribution in [3.63, 3.8) is 0 Å². The maximum Gasteiger partial charge on any atom is 0.306 e. The number of quaternary nitrogens is 1. The fraction of sp³-hybridized carbons (Fsp3) is 0.909. The Kier molecular flexibility index (Phi) is 8.88. The molecule has 16 heavy (non-hydrogen) atoms. The summed E-state index contributed by atoms with van der Waals surface area (Å²) in [4.78, 5) is 10.7. The summed E-state index contributed by atoms with van der Waals surface area (Å²) in [5.74, 6) is -0.356. The minimum Gasteiger partial charge on any atom is -1.00 e. The van der Waals surface area contributed by atoms with Crippen LogP contribution in [0.25, 0.3) is 0 Å². The zero-order chi connectivity index (χ0) is 12.1. The summed E-state index contributed by atoms with van der Waals surface area (Å²) in [6.07, 6.45) is -0.104. The van der Waals surface area contributed by atoms with Gasteiger partial charge in [0.1, 0.15) is 12.6 Å². The van der Waals surface area contributed by atoms with Crippen molar-refractivity contribution in [3.05, 3.63) is 0 Å². The Hall–Kier alpha value is -0.320. The summed E-state index contributed by atoms with van der Waals surface area (Å²) in [5, 5.41) is 8.76. The van der Waals surface area contributed by atoms with E-state index in [9.17, 15) is 4.79 Å². The fourth-order valence-electron chi connectivity index (χ4n) is 1.31. The van der Waals surface area contributed by atoms with E-state index in [0.717, 1.165) is 11.0 Å². The maximum atomic E-state index is 10.7. The number of rotatable bonds is 7. The third-order valence-electron chi connectivity index (χ3n) is 1.82. The smallest absolute Gasteiger partial charge is 0.306 e. The summed E-state index contributed by atoms with van der Waals surface area (Å²) < 4.78 is 6.31. The molecule has 0 saturated carbocycles. The minimum atomic E-state index is -0.794. The quantitative estimate of drug-likeness (QED) is 0.546. The van der Waals surface area contributed by atoms with E-state index in [4.69, 9.17) is 9.84 Å². The first-order valence-electron chi connectivity index (χ1n) is 5.34. The second kappa shape index (κ2) is 7.87. The lowest BCUT2D eigenvalue weighted by Crippen LogP contribution is -3.00. The topological polar surface area (TPSA) is 46.5 Å². The monoisotopic (exact) mass is 253 g/mol. The average Bonchev–Trinajstić information content (AvgIpc) is 1.95. The summed E-state index contributed by atoms with van der Waals surface area (Å²) >= 11 is 0. The molecule has 0 aromatic rings. The van der Waals surface area contributed by atoms with Gasteiger partial charge < -0.3 is 26.7 Å². The molecule has 0 aliphatic carbocycles. The van der Waals surface area contributed by atoms with Gasteiger partial charge in [-0.05, 0) is 5.92 Å². The van der Waals surface area contributed by atoms with Crippen molar-refractivity contribution in [3.8, 4) is 0 Å². The molecule has 0 aromatic heterocycles. The highest BCUT2D eigenvalue weighted by Gasteiger charge is 2.21. The highest BCUT2D eigenvalue weighted by atomic mass is 35.5. The third-order valence-corrected chi connectivity index (χ3v) is 1.82. The Labute approximate surface area is 105 Å². The van der Waals surface area contributed by atoms with Crippen LogP contribution >= 0.6 is 0 Å². The molecule has 0 rings (SSSR count). The number of aliphatic carboxylic acids is 1. The van der Waals surface area contributed by atoms with E-state index in [2.05, 4.69) is 13.8 Å². The maximum absolute atomic E-state index is 10.7. The largest absolute Gasteiger partial charge is 1.00 e. The van der Waals surface area contributed by atoms with Gasteiger partial charge in [-0.15, -0.1) is 0 Å². The lowest BCUT2D eigenvalue weighted by Gasteiger charge is -2.29. The predicted octanol–water partition coefficient (Wildman–Crippen LogP) is -1.79. The van der Waals surface area contributed by atoms with E-state index in [1.54, 1.807) is 0 Å². The average molecular weight is 254 g/mol. The standard InChI is InChI=1S/C11H23NO3.ClH/c1-9(2)8-15-10(6-11(13)14)7-12(3,4)5;/h9-10H,6-8H2,1-5H3;1H/t10-;/m0./s1. The Morgan fingerprint density at radius 1 is 1.31 bits per heavy atom. The molecule has 0 fully saturated rings. The molecule has 0 amide bonds. The van der Waals surface area contributed by atoms with Gasteiger partial charge in [0.25, 0.3) is 0 Å². The number of likely N-dealkylation sites (N-methyl/N-ethyl adjacent to an activating group) is 1. The summed E-state index contributed by atoms with van der Waals surface area (Å²) in [5.41, 5.74) is 0. The Morgan fingerprint density at radius 2 is 1.81 bits per heavy atom. The van der Waals surface area contributed by atoms with Gasteiger partial charge >= 0.3 is 5.97 Å². The first-order valence-corrected chi connectivity index (χ1v) is 5.34. The normalized spacial score (nSPS) is 13.4. The molecule has 5 heteroatoms. The molecule has 0 heterocycles. The lowest BCUT2D eigenvalue weighted by molar-refractivity contribution is -0.873. The molecular weight excluding hydrogens is 230 g/mol. The van der Waals surface area contributed by atoms with Crippen molar-refractivity contribution < 1.29 is 31.5 Å². The highest BCUT2D eigenvalue weighted by molar-refractivity contribution is 5.67. The number of halogens is 1. The van der Waals surface area contributed by atoms with E-state index in [1.165, 1.54) is 0 Å². The number of hydrogen-bond donors (Lipinski definition) is 1. The van der Waals surface area contributed by atoms with E-state index >= 15 is 0 Å². The molecule has 0 radical (unpaired) electrons. The van der Waals surface area contributed by atoms with Crippen molar-refractivity contribution >= 4 is 5.97 Å². The number of hydrogen-bond acceptors (Lipinski definition) is 2. The van der Waals surface area contributed by atoms with Crippen LogP contribution in [-0.4, -0.2) is 56.0 Å². The van der Waals surface area contributed by atoms with E-state index in [1.807, 2.05) is 21.1 Å². The van der Waals surface area contributed by atoms with Crippen LogP contribution in [0, 0.1) is 5.92 Å². The van der Waals surface area contributed by atoms with Crippen LogP contribution in [0.5, 0.6) is 0 Å². The molecule has 0 saturated heterocycles. The molecule has 0 unspecified atom stereocenters. The Bertz CT molecular complexity index is 202. The van der Waals surface area contributed by atoms with Gasteiger partial charge in [0.2, 0.25) is 0 Å². The zero-order valence-electron chi connectivity index (χ0n) is 10.9. The molecule has 0 bridgehead atoms. The molecule has 1 N–H and O–H groups in total. The molecule has 4 nitrogen and oxygen atoms in total. The van der Waals surface area contributed by atoms with Crippen LogP contribution in [-0.2, 0) is 9.53 Å². The van der Waals surface area contributed by atoms with Crippen molar-refractivity contribution in [2.75, 3.05) is 34.3 Å². The molecule has 98 valence electrons. The summed E-state index contributed by atoms with van der Waals surface area (Å²) in [6.45, 7) is 5.46. The fourth-order valence-corrected chi connectivity index (χ4v) is 1.31. The first kappa shape index (κ1) is 18.1. The molecule has 0 aliphatic rings. The molecule has 0 aromatic carbocycles. The van der Waals surface area contributed by atoms with Gasteiger partial charge in [-0.3, -0.25) is 4.79 Å². The number of carbonyl (C=O) groups is 1. The molecule has 0 spiro atoms. The van der Waals surface area contributed by atoms with Crippen LogP contribution in [0.3, 0.4) is 0 Å². The van der Waals surface area contributed by atoms with Crippen LogP contribution in [0.1, 0.15) is 20.3 Å². The van der Waals surface area contributed by atoms with Gasteiger partial charge in [0.15, 0.2) is 0 Å². The van der Waals surface area contributed by atoms with E-state index in [-0.39, 0.29) is 24.9 Å². The van der Waals surface area contributed by atoms with Crippen LogP contribution in [0.4, 0.5) is 0 Å². The summed E-state index contributed by atoms with van der Waals surface area (Å²) in [7, 11) is 6.11. The van der Waals surface area contributed by atoms with Gasteiger partial charge in [0, 0.05) is 6.61 Å². The highest BCUT2D eigenvalue weighted by Crippen LogP contribution is 2.07. The number of carboxylic acids is 1. The number of nitrogens with zero attached hydrogens (tertiary/aromatic N) is 1. The van der Waals surface area contributed by atoms with Crippen LogP contribution in [0.15, 0.2) is 0 Å². The van der Waals surface area contributed by atoms with Gasteiger partial charge in [0.05, 0.1) is 27.6 Å². The van der Waals surface area contributed by atoms with Crippen LogP contribution in [0.2, 0.25) is 0 Å². The number of ether oxygens (including phenoxy) is 1. The molecular formula is C11H24ClNO3. The Balaban J connectivity index is 0. The van der Waals surface area contributed by atoms with Crippen molar-refractivity contribution in [2.24, 2.45) is 5.92 Å². The summed E-state index contributed by atoms with van der Waals surface area (Å²) in [6, 6.07) is 0. The van der Waals surface area contributed by atoms with E-state index in [0.29, 0.717) is 12.5 Å². The third kappa shape index (κ3) is 11.8. The second-order valence-electron chi connectivity index (χ2n) is 5.42. The SMILES string of the molecule is CC(C)CO[C@@H](CC(=O)O)C[N+](C)(C)C.[Cl-]. The van der Waals surface area contributed by atoms with Crippen molar-refractivity contribution in [1.29, 1.82) is 0 Å². The minimum absolute atomic E-state index is 0. The van der Waals surface area contributed by atoms with Crippen molar-refractivity contribution in [2.45, 2.75) is 26.4 Å². The zero-order valence-corrected chi connectivity index (χ0v) is 11.6. The molecule has 0 aliphatic heterocycles. The van der Waals surface area contributed by atoms with Crippen molar-refractivity contribution in [1.82, 2.24) is 0 Å². The first-order chi connectivity index (χ1) is 6.70. The predicted molar refractivity (Wildman–Crippen MR) is 59.7 cm³/mol. The van der Waals surface area contributed by atoms with Gasteiger partial charge in [-0.2, -0.15) is 0 Å². The second-order valence-corrected chi connectivity index (χ2v) is 5.42. The number of carboxylic acid groups (broad SMARTS) is 1. The van der Waals surface area contributed by atoms with E-state index < -0.39 is 5.97 Å². The molecule has 1 atom stereocenters. The van der Waals surface area contributed by atoms with Gasteiger partial charge in [-0.25, -0.2) is 0 Å². The Morgan fingerprint density at radius 3 is 2.12 bits per heavy atom. The van der Waals surface area contributed by atoms with Gasteiger partial charge in [-0.1, -0.05) is 13.8 Å². The van der Waals surface area contributed by atoms with Crippen LogP contribution < -0.4 is 12.4 Å². The lowest BCUT2D eigenvalue weighted by atomic mass is 10.2.